The monoisotopic (exact) mass is 300 g/mol. The van der Waals surface area contributed by atoms with Gasteiger partial charge in [-0.1, -0.05) is 20.3 Å². The van der Waals surface area contributed by atoms with E-state index in [1.165, 1.54) is 0 Å². The summed E-state index contributed by atoms with van der Waals surface area (Å²) in [6, 6.07) is 0. The molecule has 21 heavy (non-hydrogen) atoms. The Balaban J connectivity index is 2.42. The van der Waals surface area contributed by atoms with E-state index in [-0.39, 0.29) is 30.0 Å². The molecule has 2 rings (SSSR count). The van der Waals surface area contributed by atoms with Gasteiger partial charge in [0.15, 0.2) is 0 Å². The highest BCUT2D eigenvalue weighted by Crippen LogP contribution is 2.48. The van der Waals surface area contributed by atoms with Crippen LogP contribution in [0, 0.1) is 11.8 Å². The number of cyclic esters (lactones) is 1. The standard InChI is InChI=1S/C16H28O5/c1-6-12-8-10(3)19-15(18-5)21-16(12)11(4)20-14(17)9-13(16)7-2/h10-13,15H,6-9H2,1-5H3. The van der Waals surface area contributed by atoms with Gasteiger partial charge < -0.3 is 18.9 Å². The quantitative estimate of drug-likeness (QED) is 0.750. The minimum atomic E-state index is -0.704. The molecule has 6 atom stereocenters. The van der Waals surface area contributed by atoms with Crippen LogP contribution in [-0.2, 0) is 23.7 Å². The number of carbonyl (C=O) groups is 1. The SMILES string of the molecule is CCC1CC(=O)OC(C)C12OC(OC)OC(C)CC2CC. The van der Waals surface area contributed by atoms with E-state index in [1.807, 2.05) is 13.8 Å². The smallest absolute Gasteiger partial charge is 0.306 e. The zero-order valence-corrected chi connectivity index (χ0v) is 13.8. The van der Waals surface area contributed by atoms with Gasteiger partial charge in [-0.2, -0.15) is 0 Å². The highest BCUT2D eigenvalue weighted by molar-refractivity contribution is 5.71. The zero-order valence-electron chi connectivity index (χ0n) is 13.8. The topological polar surface area (TPSA) is 54.0 Å². The maximum absolute atomic E-state index is 11.8. The van der Waals surface area contributed by atoms with Crippen LogP contribution < -0.4 is 0 Å². The molecule has 0 aromatic rings. The van der Waals surface area contributed by atoms with E-state index < -0.39 is 12.1 Å². The van der Waals surface area contributed by atoms with Gasteiger partial charge in [-0.3, -0.25) is 4.79 Å². The fourth-order valence-electron chi connectivity index (χ4n) is 4.06. The van der Waals surface area contributed by atoms with E-state index in [1.54, 1.807) is 7.11 Å². The predicted octanol–water partition coefficient (Wildman–Crippen LogP) is 2.87. The zero-order chi connectivity index (χ0) is 15.6. The van der Waals surface area contributed by atoms with Crippen molar-refractivity contribution >= 4 is 5.97 Å². The third-order valence-corrected chi connectivity index (χ3v) is 5.07. The molecule has 0 aromatic heterocycles. The number of carbonyl (C=O) groups excluding carboxylic acids is 1. The minimum absolute atomic E-state index is 0.0570. The molecule has 2 aliphatic heterocycles. The fraction of sp³-hybridized carbons (Fsp3) is 0.938. The van der Waals surface area contributed by atoms with Crippen LogP contribution in [0.3, 0.4) is 0 Å². The largest absolute Gasteiger partial charge is 0.460 e. The summed E-state index contributed by atoms with van der Waals surface area (Å²) < 4.78 is 23.0. The Hall–Kier alpha value is -0.650. The molecule has 2 heterocycles. The van der Waals surface area contributed by atoms with Crippen LogP contribution in [-0.4, -0.2) is 37.4 Å². The minimum Gasteiger partial charge on any atom is -0.460 e. The number of hydrogen-bond acceptors (Lipinski definition) is 5. The first-order valence-corrected chi connectivity index (χ1v) is 8.03. The van der Waals surface area contributed by atoms with Gasteiger partial charge in [-0.15, -0.1) is 0 Å². The van der Waals surface area contributed by atoms with E-state index in [0.717, 1.165) is 19.3 Å². The Labute approximate surface area is 127 Å². The lowest BCUT2D eigenvalue weighted by Gasteiger charge is -2.50. The van der Waals surface area contributed by atoms with Gasteiger partial charge in [0, 0.05) is 13.0 Å². The van der Waals surface area contributed by atoms with Crippen molar-refractivity contribution in [2.75, 3.05) is 7.11 Å². The molecule has 0 N–H and O–H groups in total. The molecule has 0 aromatic carbocycles. The second-order valence-corrected chi connectivity index (χ2v) is 6.22. The summed E-state index contributed by atoms with van der Waals surface area (Å²) in [5, 5.41) is 0. The lowest BCUT2D eigenvalue weighted by molar-refractivity contribution is -0.349. The van der Waals surface area contributed by atoms with Crippen molar-refractivity contribution in [3.8, 4) is 0 Å². The number of rotatable bonds is 3. The molecule has 2 saturated heterocycles. The first kappa shape index (κ1) is 16.7. The second-order valence-electron chi connectivity index (χ2n) is 6.22. The summed E-state index contributed by atoms with van der Waals surface area (Å²) in [4.78, 5) is 11.8. The number of esters is 1. The van der Waals surface area contributed by atoms with Gasteiger partial charge in [-0.25, -0.2) is 0 Å². The van der Waals surface area contributed by atoms with Crippen molar-refractivity contribution < 1.29 is 23.7 Å². The molecule has 0 aliphatic carbocycles. The Kier molecular flexibility index (Phi) is 5.28. The molecular weight excluding hydrogens is 272 g/mol. The maximum atomic E-state index is 11.8. The molecular formula is C16H28O5. The van der Waals surface area contributed by atoms with E-state index in [0.29, 0.717) is 6.42 Å². The third kappa shape index (κ3) is 2.96. The van der Waals surface area contributed by atoms with E-state index in [9.17, 15) is 4.79 Å². The van der Waals surface area contributed by atoms with E-state index in [2.05, 4.69) is 13.8 Å². The van der Waals surface area contributed by atoms with Gasteiger partial charge in [0.25, 0.3) is 6.48 Å². The summed E-state index contributed by atoms with van der Waals surface area (Å²) in [7, 11) is 1.58. The average Bonchev–Trinajstić information content (AvgIpc) is 2.60. The van der Waals surface area contributed by atoms with Crippen LogP contribution in [0.2, 0.25) is 0 Å². The average molecular weight is 300 g/mol. The van der Waals surface area contributed by atoms with Crippen molar-refractivity contribution in [3.05, 3.63) is 0 Å². The lowest BCUT2D eigenvalue weighted by Crippen LogP contribution is -2.60. The Morgan fingerprint density at radius 2 is 1.90 bits per heavy atom. The van der Waals surface area contributed by atoms with Crippen molar-refractivity contribution in [2.24, 2.45) is 11.8 Å². The van der Waals surface area contributed by atoms with Crippen LogP contribution in [0.1, 0.15) is 53.4 Å². The van der Waals surface area contributed by atoms with Gasteiger partial charge in [0.05, 0.1) is 12.5 Å². The summed E-state index contributed by atoms with van der Waals surface area (Å²) >= 11 is 0. The van der Waals surface area contributed by atoms with Crippen molar-refractivity contribution in [1.29, 1.82) is 0 Å². The second kappa shape index (κ2) is 6.63. The number of ether oxygens (including phenoxy) is 4. The molecule has 0 amide bonds. The molecule has 5 heteroatoms. The van der Waals surface area contributed by atoms with Gasteiger partial charge in [-0.05, 0) is 32.6 Å². The van der Waals surface area contributed by atoms with Crippen LogP contribution in [0.5, 0.6) is 0 Å². The summed E-state index contributed by atoms with van der Waals surface area (Å²) in [6.45, 7) is 7.53. The van der Waals surface area contributed by atoms with Gasteiger partial charge in [0.1, 0.15) is 11.7 Å². The Morgan fingerprint density at radius 3 is 2.48 bits per heavy atom. The third-order valence-electron chi connectivity index (χ3n) is 5.07. The molecule has 0 saturated carbocycles. The Morgan fingerprint density at radius 1 is 1.24 bits per heavy atom. The van der Waals surface area contributed by atoms with Crippen LogP contribution in [0.25, 0.3) is 0 Å². The summed E-state index contributed by atoms with van der Waals surface area (Å²) in [6.07, 6.45) is 2.89. The first-order valence-electron chi connectivity index (χ1n) is 8.03. The van der Waals surface area contributed by atoms with Crippen LogP contribution >= 0.6 is 0 Å². The van der Waals surface area contributed by atoms with E-state index in [4.69, 9.17) is 18.9 Å². The Bertz CT molecular complexity index is 372. The predicted molar refractivity (Wildman–Crippen MR) is 77.5 cm³/mol. The molecule has 5 nitrogen and oxygen atoms in total. The highest BCUT2D eigenvalue weighted by Gasteiger charge is 2.57. The normalized spacial score (nSPS) is 44.4. The van der Waals surface area contributed by atoms with E-state index >= 15 is 0 Å². The van der Waals surface area contributed by atoms with Crippen molar-refractivity contribution in [2.45, 2.75) is 77.7 Å². The van der Waals surface area contributed by atoms with Crippen molar-refractivity contribution in [1.82, 2.24) is 0 Å². The van der Waals surface area contributed by atoms with Gasteiger partial charge >= 0.3 is 5.97 Å². The number of methoxy groups -OCH3 is 1. The lowest BCUT2D eigenvalue weighted by atomic mass is 9.67. The molecule has 2 fully saturated rings. The summed E-state index contributed by atoms with van der Waals surface area (Å²) in [5.74, 6) is 0.275. The highest BCUT2D eigenvalue weighted by atomic mass is 16.9. The maximum Gasteiger partial charge on any atom is 0.306 e. The molecule has 2 aliphatic rings. The molecule has 0 bridgehead atoms. The van der Waals surface area contributed by atoms with Crippen molar-refractivity contribution in [3.63, 3.8) is 0 Å². The first-order chi connectivity index (χ1) is 9.97. The van der Waals surface area contributed by atoms with Crippen LogP contribution in [0.15, 0.2) is 0 Å². The van der Waals surface area contributed by atoms with Crippen LogP contribution in [0.4, 0.5) is 0 Å². The van der Waals surface area contributed by atoms with Gasteiger partial charge in [0.2, 0.25) is 0 Å². The number of hydrogen-bond donors (Lipinski definition) is 0. The fourth-order valence-corrected chi connectivity index (χ4v) is 4.06. The molecule has 122 valence electrons. The molecule has 1 spiro atoms. The molecule has 6 unspecified atom stereocenters. The molecule has 0 radical (unpaired) electrons. The summed E-state index contributed by atoms with van der Waals surface area (Å²) in [5.41, 5.74) is -0.525.